The molecule has 2 aliphatic heterocycles. The van der Waals surface area contributed by atoms with Crippen molar-refractivity contribution in [2.24, 2.45) is 5.41 Å². The Balaban J connectivity index is 1.23. The molecule has 0 N–H and O–H groups in total. The van der Waals surface area contributed by atoms with E-state index < -0.39 is 0 Å². The predicted octanol–water partition coefficient (Wildman–Crippen LogP) is 2.87. The molecule has 27 heavy (non-hydrogen) atoms. The first-order valence-electron chi connectivity index (χ1n) is 10.4. The summed E-state index contributed by atoms with van der Waals surface area (Å²) < 4.78 is 11.1. The molecule has 0 aromatic carbocycles. The standard InChI is InChI=1S/C21H31N3O3/c1-26-17-5-9-22-19(15-17)24-13-11-23(12-14-24)10-6-18-16-21(20(25)27-18)7-3-2-4-8-21/h5,9,15,18H,2-4,6-8,10-14,16H2,1H3/t18-/m0/s1. The number of ether oxygens (including phenoxy) is 2. The molecule has 1 aromatic rings. The highest BCUT2D eigenvalue weighted by molar-refractivity contribution is 5.79. The van der Waals surface area contributed by atoms with Gasteiger partial charge in [0.05, 0.1) is 12.5 Å². The van der Waals surface area contributed by atoms with Gasteiger partial charge in [-0.1, -0.05) is 19.3 Å². The van der Waals surface area contributed by atoms with Crippen LogP contribution in [-0.2, 0) is 9.53 Å². The minimum absolute atomic E-state index is 0.0844. The average molecular weight is 373 g/mol. The van der Waals surface area contributed by atoms with Crippen LogP contribution in [0.1, 0.15) is 44.9 Å². The van der Waals surface area contributed by atoms with Crippen molar-refractivity contribution in [3.63, 3.8) is 0 Å². The molecular weight excluding hydrogens is 342 g/mol. The van der Waals surface area contributed by atoms with Gasteiger partial charge in [-0.15, -0.1) is 0 Å². The number of carbonyl (C=O) groups excluding carboxylic acids is 1. The van der Waals surface area contributed by atoms with Crippen LogP contribution in [0.25, 0.3) is 0 Å². The second kappa shape index (κ2) is 8.05. The molecular formula is C21H31N3O3. The van der Waals surface area contributed by atoms with Crippen LogP contribution in [0.3, 0.4) is 0 Å². The van der Waals surface area contributed by atoms with Crippen LogP contribution in [0, 0.1) is 5.41 Å². The van der Waals surface area contributed by atoms with Crippen molar-refractivity contribution in [3.05, 3.63) is 18.3 Å². The van der Waals surface area contributed by atoms with E-state index in [-0.39, 0.29) is 17.5 Å². The third kappa shape index (κ3) is 4.05. The van der Waals surface area contributed by atoms with Crippen LogP contribution in [-0.4, -0.2) is 61.8 Å². The summed E-state index contributed by atoms with van der Waals surface area (Å²) >= 11 is 0. The normalized spacial score (nSPS) is 25.6. The Morgan fingerprint density at radius 1 is 1.22 bits per heavy atom. The maximum absolute atomic E-state index is 12.4. The van der Waals surface area contributed by atoms with Crippen LogP contribution in [0.15, 0.2) is 18.3 Å². The van der Waals surface area contributed by atoms with Crippen LogP contribution in [0.2, 0.25) is 0 Å². The summed E-state index contributed by atoms with van der Waals surface area (Å²) in [5.74, 6) is 1.92. The Hall–Kier alpha value is -1.82. The van der Waals surface area contributed by atoms with Crippen molar-refractivity contribution in [3.8, 4) is 5.75 Å². The van der Waals surface area contributed by atoms with Crippen LogP contribution >= 0.6 is 0 Å². The first-order chi connectivity index (χ1) is 13.2. The van der Waals surface area contributed by atoms with Crippen LogP contribution in [0.4, 0.5) is 5.82 Å². The van der Waals surface area contributed by atoms with Crippen molar-refractivity contribution in [1.82, 2.24) is 9.88 Å². The molecule has 1 saturated carbocycles. The Labute approximate surface area is 161 Å². The molecule has 0 radical (unpaired) electrons. The fourth-order valence-electron chi connectivity index (χ4n) is 4.86. The topological polar surface area (TPSA) is 54.9 Å². The largest absolute Gasteiger partial charge is 0.497 e. The molecule has 6 nitrogen and oxygen atoms in total. The fraction of sp³-hybridized carbons (Fsp3) is 0.714. The number of hydrogen-bond acceptors (Lipinski definition) is 6. The zero-order valence-electron chi connectivity index (χ0n) is 16.4. The van der Waals surface area contributed by atoms with E-state index in [1.807, 2.05) is 12.1 Å². The summed E-state index contributed by atoms with van der Waals surface area (Å²) in [5, 5.41) is 0. The monoisotopic (exact) mass is 373 g/mol. The minimum atomic E-state index is -0.139. The summed E-state index contributed by atoms with van der Waals surface area (Å²) in [6.07, 6.45) is 9.54. The number of aromatic nitrogens is 1. The molecule has 148 valence electrons. The molecule has 1 aromatic heterocycles. The molecule has 0 bridgehead atoms. The highest BCUT2D eigenvalue weighted by Gasteiger charge is 2.48. The van der Waals surface area contributed by atoms with Crippen molar-refractivity contribution in [2.45, 2.75) is 51.0 Å². The van der Waals surface area contributed by atoms with Gasteiger partial charge in [-0.25, -0.2) is 4.98 Å². The number of carbonyl (C=O) groups is 1. The van der Waals surface area contributed by atoms with Crippen molar-refractivity contribution < 1.29 is 14.3 Å². The lowest BCUT2D eigenvalue weighted by Gasteiger charge is -2.35. The highest BCUT2D eigenvalue weighted by atomic mass is 16.6. The number of pyridine rings is 1. The summed E-state index contributed by atoms with van der Waals surface area (Å²) in [6, 6.07) is 3.87. The number of rotatable bonds is 5. The van der Waals surface area contributed by atoms with E-state index in [2.05, 4.69) is 14.8 Å². The molecule has 0 amide bonds. The minimum Gasteiger partial charge on any atom is -0.497 e. The summed E-state index contributed by atoms with van der Waals surface area (Å²) in [5.41, 5.74) is -0.139. The van der Waals surface area contributed by atoms with E-state index in [1.165, 1.54) is 19.3 Å². The number of methoxy groups -OCH3 is 1. The van der Waals surface area contributed by atoms with Gasteiger partial charge in [0.25, 0.3) is 0 Å². The number of esters is 1. The zero-order valence-corrected chi connectivity index (χ0v) is 16.4. The highest BCUT2D eigenvalue weighted by Crippen LogP contribution is 2.46. The van der Waals surface area contributed by atoms with Gasteiger partial charge >= 0.3 is 5.97 Å². The molecule has 3 heterocycles. The Morgan fingerprint density at radius 3 is 2.74 bits per heavy atom. The van der Waals surface area contributed by atoms with Crippen LogP contribution < -0.4 is 9.64 Å². The van der Waals surface area contributed by atoms with E-state index in [1.54, 1.807) is 13.3 Å². The van der Waals surface area contributed by atoms with E-state index in [0.717, 1.165) is 70.0 Å². The number of hydrogen-bond donors (Lipinski definition) is 0. The van der Waals surface area contributed by atoms with Gasteiger partial charge in [0.1, 0.15) is 17.7 Å². The third-order valence-corrected chi connectivity index (χ3v) is 6.55. The van der Waals surface area contributed by atoms with Gasteiger partial charge in [-0.05, 0) is 25.3 Å². The van der Waals surface area contributed by atoms with Crippen molar-refractivity contribution in [1.29, 1.82) is 0 Å². The lowest BCUT2D eigenvalue weighted by molar-refractivity contribution is -0.150. The predicted molar refractivity (Wildman–Crippen MR) is 104 cm³/mol. The van der Waals surface area contributed by atoms with Gasteiger partial charge < -0.3 is 14.4 Å². The van der Waals surface area contributed by atoms with E-state index in [4.69, 9.17) is 9.47 Å². The molecule has 4 rings (SSSR count). The second-order valence-electron chi connectivity index (χ2n) is 8.24. The summed E-state index contributed by atoms with van der Waals surface area (Å²) in [6.45, 7) is 4.98. The second-order valence-corrected chi connectivity index (χ2v) is 8.24. The lowest BCUT2D eigenvalue weighted by Crippen LogP contribution is -2.47. The molecule has 3 fully saturated rings. The summed E-state index contributed by atoms with van der Waals surface area (Å²) in [4.78, 5) is 21.7. The first-order valence-corrected chi connectivity index (χ1v) is 10.4. The molecule has 1 aliphatic carbocycles. The van der Waals surface area contributed by atoms with E-state index in [0.29, 0.717) is 0 Å². The molecule has 3 aliphatic rings. The molecule has 1 atom stereocenters. The van der Waals surface area contributed by atoms with Gasteiger partial charge in [0.15, 0.2) is 0 Å². The van der Waals surface area contributed by atoms with Crippen LogP contribution in [0.5, 0.6) is 5.75 Å². The third-order valence-electron chi connectivity index (χ3n) is 6.55. The maximum atomic E-state index is 12.4. The smallest absolute Gasteiger partial charge is 0.312 e. The molecule has 2 saturated heterocycles. The Kier molecular flexibility index (Phi) is 5.53. The van der Waals surface area contributed by atoms with Gasteiger partial charge in [-0.3, -0.25) is 9.69 Å². The maximum Gasteiger partial charge on any atom is 0.312 e. The van der Waals surface area contributed by atoms with E-state index in [9.17, 15) is 4.79 Å². The average Bonchev–Trinajstić information content (AvgIpc) is 3.02. The number of cyclic esters (lactones) is 1. The molecule has 0 unspecified atom stereocenters. The summed E-state index contributed by atoms with van der Waals surface area (Å²) in [7, 11) is 1.68. The van der Waals surface area contributed by atoms with Crippen molar-refractivity contribution in [2.75, 3.05) is 44.7 Å². The number of piperazine rings is 1. The Bertz CT molecular complexity index is 652. The fourth-order valence-corrected chi connectivity index (χ4v) is 4.86. The molecule has 1 spiro atoms. The molecule has 6 heteroatoms. The Morgan fingerprint density at radius 2 is 2.00 bits per heavy atom. The number of anilines is 1. The van der Waals surface area contributed by atoms with E-state index >= 15 is 0 Å². The zero-order chi connectivity index (χ0) is 18.7. The van der Waals surface area contributed by atoms with Crippen molar-refractivity contribution >= 4 is 11.8 Å². The van der Waals surface area contributed by atoms with Gasteiger partial charge in [0, 0.05) is 51.4 Å². The SMILES string of the molecule is COc1ccnc(N2CCN(CC[C@H]3CC4(CCCCC4)C(=O)O3)CC2)c1. The lowest BCUT2D eigenvalue weighted by atomic mass is 9.72. The first kappa shape index (κ1) is 18.5. The quantitative estimate of drug-likeness (QED) is 0.740. The number of nitrogens with zero attached hydrogens (tertiary/aromatic N) is 3. The van der Waals surface area contributed by atoms with Gasteiger partial charge in [0.2, 0.25) is 0 Å². The van der Waals surface area contributed by atoms with Gasteiger partial charge in [-0.2, -0.15) is 0 Å².